The number of hydrogen-bond donors (Lipinski definition) is 2. The zero-order chi connectivity index (χ0) is 13.7. The fourth-order valence-electron chi connectivity index (χ4n) is 3.31. The summed E-state index contributed by atoms with van der Waals surface area (Å²) in [6.07, 6.45) is 8.21. The van der Waals surface area contributed by atoms with Gasteiger partial charge in [-0.25, -0.2) is 0 Å². The van der Waals surface area contributed by atoms with Gasteiger partial charge in [0.15, 0.2) is 0 Å². The molecule has 0 aromatic rings. The van der Waals surface area contributed by atoms with Gasteiger partial charge in [0.05, 0.1) is 12.7 Å². The topological polar surface area (TPSA) is 64.3 Å². The van der Waals surface area contributed by atoms with Gasteiger partial charge < -0.3 is 15.8 Å². The van der Waals surface area contributed by atoms with Crippen LogP contribution >= 0.6 is 12.4 Å². The zero-order valence-corrected chi connectivity index (χ0v) is 13.3. The van der Waals surface area contributed by atoms with Gasteiger partial charge in [0.25, 0.3) is 0 Å². The summed E-state index contributed by atoms with van der Waals surface area (Å²) in [7, 11) is 0. The fourth-order valence-corrected chi connectivity index (χ4v) is 3.31. The van der Waals surface area contributed by atoms with Gasteiger partial charge in [-0.3, -0.25) is 4.79 Å². The molecule has 2 saturated carbocycles. The zero-order valence-electron chi connectivity index (χ0n) is 12.5. The molecule has 2 rings (SSSR count). The first-order valence-electron chi connectivity index (χ1n) is 7.81. The van der Waals surface area contributed by atoms with Crippen molar-refractivity contribution >= 4 is 18.3 Å². The van der Waals surface area contributed by atoms with E-state index in [-0.39, 0.29) is 30.3 Å². The van der Waals surface area contributed by atoms with Crippen molar-refractivity contribution < 1.29 is 9.53 Å². The van der Waals surface area contributed by atoms with Crippen LogP contribution in [-0.2, 0) is 9.53 Å². The lowest BCUT2D eigenvalue weighted by molar-refractivity contribution is -0.125. The molecule has 0 spiro atoms. The van der Waals surface area contributed by atoms with Crippen molar-refractivity contribution in [3.63, 3.8) is 0 Å². The monoisotopic (exact) mass is 304 g/mol. The van der Waals surface area contributed by atoms with Crippen molar-refractivity contribution in [2.75, 3.05) is 13.2 Å². The molecule has 3 N–H and O–H groups in total. The molecule has 0 radical (unpaired) electrons. The van der Waals surface area contributed by atoms with Crippen molar-refractivity contribution in [1.82, 2.24) is 5.32 Å². The largest absolute Gasteiger partial charge is 0.376 e. The number of ether oxygens (including phenoxy) is 1. The van der Waals surface area contributed by atoms with Crippen LogP contribution in [0.15, 0.2) is 0 Å². The third kappa shape index (κ3) is 5.23. The Bertz CT molecular complexity index is 302. The van der Waals surface area contributed by atoms with Crippen molar-refractivity contribution in [2.45, 2.75) is 64.0 Å². The molecule has 0 aromatic heterocycles. The Morgan fingerprint density at radius 2 is 2.00 bits per heavy atom. The Labute approximate surface area is 128 Å². The Morgan fingerprint density at radius 3 is 2.65 bits per heavy atom. The Morgan fingerprint density at radius 1 is 1.25 bits per heavy atom. The van der Waals surface area contributed by atoms with Gasteiger partial charge in [0, 0.05) is 18.5 Å². The van der Waals surface area contributed by atoms with E-state index in [1.807, 2.05) is 0 Å². The van der Waals surface area contributed by atoms with Crippen molar-refractivity contribution in [2.24, 2.45) is 17.6 Å². The first-order valence-corrected chi connectivity index (χ1v) is 7.81. The fraction of sp³-hybridized carbons (Fsp3) is 0.933. The van der Waals surface area contributed by atoms with Gasteiger partial charge in [-0.2, -0.15) is 0 Å². The highest BCUT2D eigenvalue weighted by Crippen LogP contribution is 2.26. The summed E-state index contributed by atoms with van der Waals surface area (Å²) < 4.78 is 5.89. The average molecular weight is 305 g/mol. The molecule has 118 valence electrons. The van der Waals surface area contributed by atoms with Gasteiger partial charge in [-0.1, -0.05) is 19.8 Å². The van der Waals surface area contributed by atoms with Crippen LogP contribution in [0.25, 0.3) is 0 Å². The van der Waals surface area contributed by atoms with E-state index in [4.69, 9.17) is 10.5 Å². The lowest BCUT2D eigenvalue weighted by Gasteiger charge is -2.28. The minimum absolute atomic E-state index is 0. The second-order valence-electron chi connectivity index (χ2n) is 6.23. The SMILES string of the molecule is CC1CCCCC1OCCNC(=O)C1CCC(N)C1.Cl. The number of carbonyl (C=O) groups is 1. The highest BCUT2D eigenvalue weighted by Gasteiger charge is 2.27. The minimum Gasteiger partial charge on any atom is -0.376 e. The van der Waals surface area contributed by atoms with Crippen LogP contribution in [0.2, 0.25) is 0 Å². The molecule has 2 fully saturated rings. The van der Waals surface area contributed by atoms with Gasteiger partial charge in [0.1, 0.15) is 0 Å². The Hall–Kier alpha value is -0.320. The van der Waals surface area contributed by atoms with Gasteiger partial charge in [-0.05, 0) is 38.0 Å². The molecule has 20 heavy (non-hydrogen) atoms. The van der Waals surface area contributed by atoms with Gasteiger partial charge in [-0.15, -0.1) is 12.4 Å². The maximum Gasteiger partial charge on any atom is 0.223 e. The summed E-state index contributed by atoms with van der Waals surface area (Å²) >= 11 is 0. The number of halogens is 1. The van der Waals surface area contributed by atoms with Crippen molar-refractivity contribution in [3.05, 3.63) is 0 Å². The highest BCUT2D eigenvalue weighted by atomic mass is 35.5. The van der Waals surface area contributed by atoms with E-state index >= 15 is 0 Å². The smallest absolute Gasteiger partial charge is 0.223 e. The lowest BCUT2D eigenvalue weighted by Crippen LogP contribution is -2.35. The molecule has 0 aromatic carbocycles. The van der Waals surface area contributed by atoms with Crippen LogP contribution in [0.4, 0.5) is 0 Å². The summed E-state index contributed by atoms with van der Waals surface area (Å²) in [5.74, 6) is 0.953. The Kier molecular flexibility index (Phi) is 7.85. The second kappa shape index (κ2) is 8.85. The molecule has 0 bridgehead atoms. The number of nitrogens with two attached hydrogens (primary N) is 1. The van der Waals surface area contributed by atoms with E-state index in [0.717, 1.165) is 19.3 Å². The van der Waals surface area contributed by atoms with Crippen LogP contribution in [0.3, 0.4) is 0 Å². The molecule has 0 aliphatic heterocycles. The van der Waals surface area contributed by atoms with Crippen molar-refractivity contribution in [1.29, 1.82) is 0 Å². The van der Waals surface area contributed by atoms with Crippen LogP contribution < -0.4 is 11.1 Å². The summed E-state index contributed by atoms with van der Waals surface area (Å²) in [6.45, 7) is 3.54. The number of nitrogens with one attached hydrogen (secondary N) is 1. The molecule has 5 heteroatoms. The number of rotatable bonds is 5. The van der Waals surface area contributed by atoms with E-state index in [1.165, 1.54) is 25.7 Å². The van der Waals surface area contributed by atoms with E-state index < -0.39 is 0 Å². The minimum atomic E-state index is 0. The maximum absolute atomic E-state index is 11.9. The van der Waals surface area contributed by atoms with E-state index in [9.17, 15) is 4.79 Å². The highest BCUT2D eigenvalue weighted by molar-refractivity contribution is 5.85. The molecular formula is C15H29ClN2O2. The number of carbonyl (C=O) groups excluding carboxylic acids is 1. The third-order valence-electron chi connectivity index (χ3n) is 4.61. The lowest BCUT2D eigenvalue weighted by atomic mass is 9.88. The van der Waals surface area contributed by atoms with Crippen LogP contribution in [0.5, 0.6) is 0 Å². The standard InChI is InChI=1S/C15H28N2O2.ClH/c1-11-4-2-3-5-14(11)19-9-8-17-15(18)12-6-7-13(16)10-12;/h11-14H,2-10,16H2,1H3,(H,17,18);1H. The normalized spacial score (nSPS) is 33.5. The molecular weight excluding hydrogens is 276 g/mol. The van der Waals surface area contributed by atoms with E-state index in [0.29, 0.717) is 25.2 Å². The number of hydrogen-bond acceptors (Lipinski definition) is 3. The van der Waals surface area contributed by atoms with Crippen LogP contribution in [-0.4, -0.2) is 31.2 Å². The second-order valence-corrected chi connectivity index (χ2v) is 6.23. The molecule has 4 unspecified atom stereocenters. The third-order valence-corrected chi connectivity index (χ3v) is 4.61. The Balaban J connectivity index is 0.00000200. The number of amides is 1. The summed E-state index contributed by atoms with van der Waals surface area (Å²) in [6, 6.07) is 0.218. The average Bonchev–Trinajstić information content (AvgIpc) is 2.83. The molecule has 0 saturated heterocycles. The van der Waals surface area contributed by atoms with Crippen LogP contribution in [0, 0.1) is 11.8 Å². The summed E-state index contributed by atoms with van der Waals surface area (Å²) in [5.41, 5.74) is 5.83. The van der Waals surface area contributed by atoms with Crippen LogP contribution in [0.1, 0.15) is 51.9 Å². The van der Waals surface area contributed by atoms with Crippen molar-refractivity contribution in [3.8, 4) is 0 Å². The molecule has 4 nitrogen and oxygen atoms in total. The maximum atomic E-state index is 11.9. The van der Waals surface area contributed by atoms with Gasteiger partial charge >= 0.3 is 0 Å². The summed E-state index contributed by atoms with van der Waals surface area (Å²) in [4.78, 5) is 11.9. The molecule has 0 heterocycles. The molecule has 2 aliphatic rings. The van der Waals surface area contributed by atoms with Gasteiger partial charge in [0.2, 0.25) is 5.91 Å². The molecule has 1 amide bonds. The summed E-state index contributed by atoms with van der Waals surface area (Å²) in [5, 5.41) is 2.98. The first kappa shape index (κ1) is 17.7. The predicted octanol–water partition coefficient (Wildman–Crippen LogP) is 2.25. The van der Waals surface area contributed by atoms with E-state index in [1.54, 1.807) is 0 Å². The first-order chi connectivity index (χ1) is 9.16. The quantitative estimate of drug-likeness (QED) is 0.766. The molecule has 2 aliphatic carbocycles. The van der Waals surface area contributed by atoms with E-state index in [2.05, 4.69) is 12.2 Å². The molecule has 4 atom stereocenters. The predicted molar refractivity (Wildman–Crippen MR) is 82.9 cm³/mol.